The van der Waals surface area contributed by atoms with Crippen LogP contribution in [0.3, 0.4) is 0 Å². The Morgan fingerprint density at radius 1 is 1.15 bits per heavy atom. The Kier molecular flexibility index (Phi) is 9.72. The number of nitrogens with one attached hydrogen (secondary N) is 1. The minimum absolute atomic E-state index is 0.120. The van der Waals surface area contributed by atoms with Crippen molar-refractivity contribution >= 4 is 43.5 Å². The largest absolute Gasteiger partial charge is 0.497 e. The van der Waals surface area contributed by atoms with Crippen LogP contribution in [-0.4, -0.2) is 57.6 Å². The van der Waals surface area contributed by atoms with E-state index in [4.69, 9.17) is 4.74 Å². The predicted molar refractivity (Wildman–Crippen MR) is 133 cm³/mol. The molecule has 0 unspecified atom stereocenters. The minimum atomic E-state index is -3.75. The molecular formula is C23H30BrN3O5S. The fourth-order valence-corrected chi connectivity index (χ4v) is 4.28. The van der Waals surface area contributed by atoms with Crippen LogP contribution in [0.25, 0.3) is 0 Å². The van der Waals surface area contributed by atoms with E-state index in [1.54, 1.807) is 56.5 Å². The quantitative estimate of drug-likeness (QED) is 0.473. The van der Waals surface area contributed by atoms with Crippen LogP contribution in [0.4, 0.5) is 5.69 Å². The summed E-state index contributed by atoms with van der Waals surface area (Å²) in [6.07, 6.45) is 1.81. The second-order valence-electron chi connectivity index (χ2n) is 7.59. The first kappa shape index (κ1) is 26.7. The molecule has 1 atom stereocenters. The molecule has 2 rings (SSSR count). The van der Waals surface area contributed by atoms with Gasteiger partial charge in [-0.1, -0.05) is 35.0 Å². The molecule has 0 saturated heterocycles. The third-order valence-corrected chi connectivity index (χ3v) is 6.67. The summed E-state index contributed by atoms with van der Waals surface area (Å²) in [4.78, 5) is 27.5. The van der Waals surface area contributed by atoms with Crippen LogP contribution in [0.15, 0.2) is 53.0 Å². The van der Waals surface area contributed by atoms with Gasteiger partial charge in [-0.05, 0) is 55.3 Å². The van der Waals surface area contributed by atoms with Gasteiger partial charge in [0.25, 0.3) is 0 Å². The van der Waals surface area contributed by atoms with Crippen molar-refractivity contribution in [2.45, 2.75) is 32.9 Å². The van der Waals surface area contributed by atoms with Crippen LogP contribution in [0.1, 0.15) is 25.8 Å². The average Bonchev–Trinajstić information content (AvgIpc) is 2.79. The van der Waals surface area contributed by atoms with Gasteiger partial charge in [0.1, 0.15) is 18.3 Å². The number of hydrogen-bond donors (Lipinski definition) is 1. The number of hydrogen-bond acceptors (Lipinski definition) is 5. The van der Waals surface area contributed by atoms with Crippen LogP contribution in [0.5, 0.6) is 5.75 Å². The number of anilines is 1. The molecule has 0 aliphatic carbocycles. The number of halogens is 1. The van der Waals surface area contributed by atoms with Crippen LogP contribution in [-0.2, 0) is 26.2 Å². The van der Waals surface area contributed by atoms with Crippen LogP contribution >= 0.6 is 15.9 Å². The van der Waals surface area contributed by atoms with E-state index < -0.39 is 28.5 Å². The van der Waals surface area contributed by atoms with Crippen molar-refractivity contribution in [2.75, 3.05) is 30.8 Å². The van der Waals surface area contributed by atoms with Crippen molar-refractivity contribution in [3.8, 4) is 5.75 Å². The molecule has 2 amide bonds. The summed E-state index contributed by atoms with van der Waals surface area (Å²) in [7, 11) is -2.21. The number of methoxy groups -OCH3 is 1. The maximum absolute atomic E-state index is 13.4. The van der Waals surface area contributed by atoms with Crippen molar-refractivity contribution in [1.82, 2.24) is 10.2 Å². The molecule has 0 aliphatic heterocycles. The zero-order chi connectivity index (χ0) is 24.6. The third kappa shape index (κ3) is 7.75. The molecule has 33 heavy (non-hydrogen) atoms. The Bertz CT molecular complexity index is 1060. The highest BCUT2D eigenvalue weighted by Crippen LogP contribution is 2.22. The molecule has 1 N–H and O–H groups in total. The standard InChI is InChI=1S/C23H30BrN3O5S/c1-5-13-25-23(29)17(2)26(15-18-7-6-8-21(14-18)32-3)22(28)16-27(33(4,30)31)20-11-9-19(24)10-12-20/h6-12,14,17H,5,13,15-16H2,1-4H3,(H,25,29)/t17-/m0/s1. The predicted octanol–water partition coefficient (Wildman–Crippen LogP) is 3.17. The number of carbonyl (C=O) groups is 2. The molecule has 2 aromatic rings. The summed E-state index contributed by atoms with van der Waals surface area (Å²) in [6, 6.07) is 13.0. The van der Waals surface area contributed by atoms with Gasteiger partial charge in [0, 0.05) is 17.6 Å². The molecule has 0 fully saturated rings. The molecule has 0 spiro atoms. The van der Waals surface area contributed by atoms with Gasteiger partial charge >= 0.3 is 0 Å². The van der Waals surface area contributed by atoms with Crippen molar-refractivity contribution < 1.29 is 22.7 Å². The summed E-state index contributed by atoms with van der Waals surface area (Å²) >= 11 is 3.33. The molecule has 0 aliphatic rings. The maximum Gasteiger partial charge on any atom is 0.244 e. The van der Waals surface area contributed by atoms with Crippen molar-refractivity contribution in [3.63, 3.8) is 0 Å². The number of amides is 2. The first-order valence-electron chi connectivity index (χ1n) is 10.5. The van der Waals surface area contributed by atoms with Crippen molar-refractivity contribution in [1.29, 1.82) is 0 Å². The Labute approximate surface area is 204 Å². The van der Waals surface area contributed by atoms with Crippen LogP contribution in [0, 0.1) is 0 Å². The molecule has 0 heterocycles. The number of rotatable bonds is 11. The number of carbonyl (C=O) groups excluding carboxylic acids is 2. The molecule has 8 nitrogen and oxygen atoms in total. The lowest BCUT2D eigenvalue weighted by molar-refractivity contribution is -0.139. The molecule has 10 heteroatoms. The van der Waals surface area contributed by atoms with Gasteiger partial charge in [0.2, 0.25) is 21.8 Å². The van der Waals surface area contributed by atoms with E-state index in [0.29, 0.717) is 18.0 Å². The number of sulfonamides is 1. The number of nitrogens with zero attached hydrogens (tertiary/aromatic N) is 2. The minimum Gasteiger partial charge on any atom is -0.497 e. The lowest BCUT2D eigenvalue weighted by atomic mass is 10.1. The molecular weight excluding hydrogens is 510 g/mol. The molecule has 0 aromatic heterocycles. The summed E-state index contributed by atoms with van der Waals surface area (Å²) in [5.41, 5.74) is 1.12. The van der Waals surface area contributed by atoms with Crippen LogP contribution < -0.4 is 14.4 Å². The Morgan fingerprint density at radius 2 is 1.82 bits per heavy atom. The van der Waals surface area contributed by atoms with Gasteiger partial charge in [-0.3, -0.25) is 13.9 Å². The summed E-state index contributed by atoms with van der Waals surface area (Å²) in [5.74, 6) is -0.177. The van der Waals surface area contributed by atoms with Gasteiger partial charge in [0.05, 0.1) is 19.1 Å². The van der Waals surface area contributed by atoms with E-state index in [0.717, 1.165) is 27.0 Å². The van der Waals surface area contributed by atoms with E-state index in [9.17, 15) is 18.0 Å². The highest BCUT2D eigenvalue weighted by Gasteiger charge is 2.30. The Balaban J connectivity index is 2.37. The lowest BCUT2D eigenvalue weighted by Gasteiger charge is -2.31. The van der Waals surface area contributed by atoms with E-state index in [2.05, 4.69) is 21.2 Å². The zero-order valence-corrected chi connectivity index (χ0v) is 21.6. The van der Waals surface area contributed by atoms with Gasteiger partial charge in [-0.25, -0.2) is 8.42 Å². The fraction of sp³-hybridized carbons (Fsp3) is 0.391. The second kappa shape index (κ2) is 12.0. The number of benzene rings is 2. The average molecular weight is 540 g/mol. The fourth-order valence-electron chi connectivity index (χ4n) is 3.17. The van der Waals surface area contributed by atoms with Gasteiger partial charge in [-0.15, -0.1) is 0 Å². The summed E-state index contributed by atoms with van der Waals surface area (Å²) in [5, 5.41) is 2.80. The maximum atomic E-state index is 13.4. The molecule has 2 aromatic carbocycles. The smallest absolute Gasteiger partial charge is 0.244 e. The highest BCUT2D eigenvalue weighted by atomic mass is 79.9. The zero-order valence-electron chi connectivity index (χ0n) is 19.2. The van der Waals surface area contributed by atoms with E-state index in [-0.39, 0.29) is 12.5 Å². The highest BCUT2D eigenvalue weighted by molar-refractivity contribution is 9.10. The van der Waals surface area contributed by atoms with Gasteiger partial charge in [-0.2, -0.15) is 0 Å². The summed E-state index contributed by atoms with van der Waals surface area (Å²) < 4.78 is 32.1. The molecule has 0 bridgehead atoms. The molecule has 0 radical (unpaired) electrons. The van der Waals surface area contributed by atoms with Crippen molar-refractivity contribution in [2.24, 2.45) is 0 Å². The van der Waals surface area contributed by atoms with Crippen LogP contribution in [0.2, 0.25) is 0 Å². The molecule has 180 valence electrons. The van der Waals surface area contributed by atoms with Gasteiger partial charge < -0.3 is 15.0 Å². The normalized spacial score (nSPS) is 12.0. The first-order chi connectivity index (χ1) is 15.6. The number of ether oxygens (including phenoxy) is 1. The Morgan fingerprint density at radius 3 is 2.39 bits per heavy atom. The van der Waals surface area contributed by atoms with E-state index >= 15 is 0 Å². The lowest BCUT2D eigenvalue weighted by Crippen LogP contribution is -2.51. The second-order valence-corrected chi connectivity index (χ2v) is 10.4. The first-order valence-corrected chi connectivity index (χ1v) is 13.1. The van der Waals surface area contributed by atoms with Gasteiger partial charge in [0.15, 0.2) is 0 Å². The Hall–Kier alpha value is -2.59. The SMILES string of the molecule is CCCNC(=O)[C@H](C)N(Cc1cccc(OC)c1)C(=O)CN(c1ccc(Br)cc1)S(C)(=O)=O. The summed E-state index contributed by atoms with van der Waals surface area (Å²) in [6.45, 7) is 3.74. The topological polar surface area (TPSA) is 96.0 Å². The molecule has 0 saturated carbocycles. The van der Waals surface area contributed by atoms with E-state index in [1.165, 1.54) is 4.90 Å². The van der Waals surface area contributed by atoms with E-state index in [1.807, 2.05) is 13.0 Å². The van der Waals surface area contributed by atoms with Crippen molar-refractivity contribution in [3.05, 3.63) is 58.6 Å². The third-order valence-electron chi connectivity index (χ3n) is 5.00. The monoisotopic (exact) mass is 539 g/mol.